The van der Waals surface area contributed by atoms with E-state index < -0.39 is 5.41 Å². The molecule has 0 heterocycles. The number of anilines is 3. The Bertz CT molecular complexity index is 2090. The van der Waals surface area contributed by atoms with E-state index in [9.17, 15) is 0 Å². The van der Waals surface area contributed by atoms with E-state index in [1.54, 1.807) is 0 Å². The molecule has 0 unspecified atom stereocenters. The molecule has 0 amide bonds. The van der Waals surface area contributed by atoms with Crippen molar-refractivity contribution in [2.75, 3.05) is 4.90 Å². The summed E-state index contributed by atoms with van der Waals surface area (Å²) in [5, 5.41) is 0. The summed E-state index contributed by atoms with van der Waals surface area (Å²) in [6, 6.07) is 64.3. The maximum atomic E-state index is 2.44. The molecule has 220 valence electrons. The average Bonchev–Trinajstić information content (AvgIpc) is 3.40. The van der Waals surface area contributed by atoms with Gasteiger partial charge in [-0.3, -0.25) is 0 Å². The highest BCUT2D eigenvalue weighted by Crippen LogP contribution is 2.60. The Morgan fingerprint density at radius 1 is 0.413 bits per heavy atom. The van der Waals surface area contributed by atoms with Crippen molar-refractivity contribution in [2.24, 2.45) is 0 Å². The summed E-state index contributed by atoms with van der Waals surface area (Å²) in [5.41, 5.74) is 15.7. The molecule has 0 saturated carbocycles. The third-order valence-electron chi connectivity index (χ3n) is 9.42. The molecular formula is C45H35N. The summed E-state index contributed by atoms with van der Waals surface area (Å²) < 4.78 is 0. The highest BCUT2D eigenvalue weighted by atomic mass is 15.1. The number of hydrogen-bond donors (Lipinski definition) is 0. The number of aryl methyl sites for hydroxylation is 2. The van der Waals surface area contributed by atoms with Crippen LogP contribution in [0.4, 0.5) is 17.1 Å². The van der Waals surface area contributed by atoms with E-state index in [2.05, 4.69) is 195 Å². The van der Waals surface area contributed by atoms with E-state index in [0.717, 1.165) is 11.4 Å². The first-order valence-corrected chi connectivity index (χ1v) is 16.0. The smallest absolute Gasteiger partial charge is 0.0714 e. The van der Waals surface area contributed by atoms with Gasteiger partial charge in [-0.2, -0.15) is 0 Å². The van der Waals surface area contributed by atoms with Crippen molar-refractivity contribution in [3.63, 3.8) is 0 Å². The molecule has 1 heteroatoms. The molecule has 1 aliphatic carbocycles. The van der Waals surface area contributed by atoms with E-state index in [-0.39, 0.29) is 0 Å². The van der Waals surface area contributed by atoms with Crippen LogP contribution >= 0.6 is 0 Å². The van der Waals surface area contributed by atoms with Crippen LogP contribution in [0, 0.1) is 13.8 Å². The normalized spacial score (nSPS) is 12.7. The van der Waals surface area contributed by atoms with Gasteiger partial charge < -0.3 is 4.90 Å². The third-order valence-corrected chi connectivity index (χ3v) is 9.42. The zero-order valence-electron chi connectivity index (χ0n) is 26.2. The van der Waals surface area contributed by atoms with Crippen LogP contribution < -0.4 is 4.90 Å². The summed E-state index contributed by atoms with van der Waals surface area (Å²) in [4.78, 5) is 2.44. The summed E-state index contributed by atoms with van der Waals surface area (Å²) in [6.07, 6.45) is 0. The van der Waals surface area contributed by atoms with E-state index in [1.807, 2.05) is 0 Å². The second kappa shape index (κ2) is 11.4. The van der Waals surface area contributed by atoms with Crippen LogP contribution in [-0.2, 0) is 5.41 Å². The highest BCUT2D eigenvalue weighted by Gasteiger charge is 2.47. The number of fused-ring (bicyclic) bond motifs is 3. The summed E-state index contributed by atoms with van der Waals surface area (Å²) in [7, 11) is 0. The molecule has 0 bridgehead atoms. The van der Waals surface area contributed by atoms with Crippen molar-refractivity contribution < 1.29 is 0 Å². The molecule has 46 heavy (non-hydrogen) atoms. The lowest BCUT2D eigenvalue weighted by molar-refractivity contribution is 0.766. The Labute approximate surface area is 272 Å². The molecule has 1 aliphatic rings. The summed E-state index contributed by atoms with van der Waals surface area (Å²) in [5.74, 6) is 0. The highest BCUT2D eigenvalue weighted by molar-refractivity contribution is 5.98. The van der Waals surface area contributed by atoms with Crippen LogP contribution in [0.25, 0.3) is 22.3 Å². The minimum absolute atomic E-state index is 0.459. The Balaban J connectivity index is 1.44. The second-order valence-electron chi connectivity index (χ2n) is 12.3. The van der Waals surface area contributed by atoms with Crippen LogP contribution in [0.3, 0.4) is 0 Å². The first-order chi connectivity index (χ1) is 22.6. The van der Waals surface area contributed by atoms with Crippen molar-refractivity contribution in [3.05, 3.63) is 209 Å². The van der Waals surface area contributed by atoms with Gasteiger partial charge in [0.15, 0.2) is 0 Å². The van der Waals surface area contributed by atoms with Gasteiger partial charge in [-0.1, -0.05) is 151 Å². The van der Waals surface area contributed by atoms with Crippen LogP contribution in [0.2, 0.25) is 0 Å². The lowest BCUT2D eigenvalue weighted by Gasteiger charge is -2.35. The van der Waals surface area contributed by atoms with Crippen molar-refractivity contribution >= 4 is 17.1 Å². The SMILES string of the molecule is Cc1ccc2c(c1)C(c1ccccc1)(c1ccccc1)c1cc(C)cc(N(c3ccccc3)c3ccc(-c4ccccc4)cc3)c1-2. The van der Waals surface area contributed by atoms with Gasteiger partial charge in [0.05, 0.1) is 11.1 Å². The van der Waals surface area contributed by atoms with Gasteiger partial charge in [-0.05, 0) is 88.7 Å². The molecule has 0 fully saturated rings. The molecule has 0 spiro atoms. The van der Waals surface area contributed by atoms with Crippen molar-refractivity contribution in [1.82, 2.24) is 0 Å². The van der Waals surface area contributed by atoms with Gasteiger partial charge in [0, 0.05) is 16.9 Å². The van der Waals surface area contributed by atoms with E-state index in [0.29, 0.717) is 0 Å². The average molecular weight is 590 g/mol. The molecule has 0 aliphatic heterocycles. The number of benzene rings is 7. The van der Waals surface area contributed by atoms with Crippen LogP contribution in [-0.4, -0.2) is 0 Å². The first kappa shape index (κ1) is 27.9. The standard InChI is InChI=1S/C45H35N/c1-32-23-28-40-41(29-32)45(36-17-9-4-10-18-36,37-19-11-5-12-20-37)42-30-33(2)31-43(44(40)42)46(38-21-13-6-14-22-38)39-26-24-35(25-27-39)34-15-7-3-8-16-34/h3-31H,1-2H3. The van der Waals surface area contributed by atoms with Crippen molar-refractivity contribution in [1.29, 1.82) is 0 Å². The summed E-state index contributed by atoms with van der Waals surface area (Å²) in [6.45, 7) is 4.45. The van der Waals surface area contributed by atoms with Crippen LogP contribution in [0.5, 0.6) is 0 Å². The molecule has 0 N–H and O–H groups in total. The van der Waals surface area contributed by atoms with Gasteiger partial charge in [-0.15, -0.1) is 0 Å². The minimum Gasteiger partial charge on any atom is -0.310 e. The molecule has 8 rings (SSSR count). The number of rotatable bonds is 6. The van der Waals surface area contributed by atoms with E-state index in [4.69, 9.17) is 0 Å². The Morgan fingerprint density at radius 2 is 0.913 bits per heavy atom. The fourth-order valence-electron chi connectivity index (χ4n) is 7.46. The number of para-hydroxylation sites is 1. The third kappa shape index (κ3) is 4.47. The zero-order chi connectivity index (χ0) is 31.1. The molecule has 0 atom stereocenters. The molecular weight excluding hydrogens is 555 g/mol. The zero-order valence-corrected chi connectivity index (χ0v) is 26.2. The van der Waals surface area contributed by atoms with Gasteiger partial charge in [0.2, 0.25) is 0 Å². The fourth-order valence-corrected chi connectivity index (χ4v) is 7.46. The molecule has 0 radical (unpaired) electrons. The number of nitrogens with zero attached hydrogens (tertiary/aromatic N) is 1. The number of hydrogen-bond acceptors (Lipinski definition) is 1. The molecule has 0 aromatic heterocycles. The van der Waals surface area contributed by atoms with Crippen LogP contribution in [0.1, 0.15) is 33.4 Å². The lowest BCUT2D eigenvalue weighted by atomic mass is 9.67. The minimum atomic E-state index is -0.459. The molecule has 7 aromatic rings. The topological polar surface area (TPSA) is 3.24 Å². The van der Waals surface area contributed by atoms with Gasteiger partial charge in [0.25, 0.3) is 0 Å². The largest absolute Gasteiger partial charge is 0.310 e. The van der Waals surface area contributed by atoms with Crippen molar-refractivity contribution in [3.8, 4) is 22.3 Å². The maximum Gasteiger partial charge on any atom is 0.0714 e. The fraction of sp³-hybridized carbons (Fsp3) is 0.0667. The van der Waals surface area contributed by atoms with Crippen molar-refractivity contribution in [2.45, 2.75) is 19.3 Å². The first-order valence-electron chi connectivity index (χ1n) is 16.0. The predicted molar refractivity (Wildman–Crippen MR) is 193 cm³/mol. The summed E-state index contributed by atoms with van der Waals surface area (Å²) >= 11 is 0. The van der Waals surface area contributed by atoms with E-state index >= 15 is 0 Å². The Morgan fingerprint density at radius 3 is 1.52 bits per heavy atom. The monoisotopic (exact) mass is 589 g/mol. The predicted octanol–water partition coefficient (Wildman–Crippen LogP) is 11.8. The second-order valence-corrected chi connectivity index (χ2v) is 12.3. The molecule has 7 aromatic carbocycles. The van der Waals surface area contributed by atoms with Gasteiger partial charge in [0.1, 0.15) is 0 Å². The lowest BCUT2D eigenvalue weighted by Crippen LogP contribution is -2.28. The molecule has 1 nitrogen and oxygen atoms in total. The van der Waals surface area contributed by atoms with Gasteiger partial charge >= 0.3 is 0 Å². The quantitative estimate of drug-likeness (QED) is 0.186. The molecule has 0 saturated heterocycles. The maximum absolute atomic E-state index is 2.44. The Kier molecular flexibility index (Phi) is 6.88. The van der Waals surface area contributed by atoms with Gasteiger partial charge in [-0.25, -0.2) is 0 Å². The van der Waals surface area contributed by atoms with E-state index in [1.165, 1.54) is 61.3 Å². The van der Waals surface area contributed by atoms with Crippen LogP contribution in [0.15, 0.2) is 176 Å². The Hall–Kier alpha value is -5.66.